The first-order valence-corrected chi connectivity index (χ1v) is 3.68. The molecule has 0 aliphatic heterocycles. The van der Waals surface area contributed by atoms with Gasteiger partial charge >= 0.3 is 6.18 Å². The maximum Gasteiger partial charge on any atom is 0.401 e. The SMILES string of the molecule is FC(F)(F)CNCCn1cncn1. The summed E-state index contributed by atoms with van der Waals surface area (Å²) >= 11 is 0. The molecule has 74 valence electrons. The van der Waals surface area contributed by atoms with Crippen LogP contribution in [0.4, 0.5) is 13.2 Å². The van der Waals surface area contributed by atoms with E-state index in [1.165, 1.54) is 17.3 Å². The lowest BCUT2D eigenvalue weighted by atomic mass is 10.5. The molecular weight excluding hydrogens is 185 g/mol. The van der Waals surface area contributed by atoms with Gasteiger partial charge in [-0.15, -0.1) is 0 Å². The molecule has 0 aliphatic carbocycles. The minimum atomic E-state index is -4.15. The molecule has 4 nitrogen and oxygen atoms in total. The van der Waals surface area contributed by atoms with Crippen LogP contribution in [0.3, 0.4) is 0 Å². The Morgan fingerprint density at radius 1 is 1.38 bits per heavy atom. The van der Waals surface area contributed by atoms with Crippen LogP contribution < -0.4 is 5.32 Å². The van der Waals surface area contributed by atoms with Crippen LogP contribution in [-0.2, 0) is 6.54 Å². The van der Waals surface area contributed by atoms with E-state index in [9.17, 15) is 13.2 Å². The van der Waals surface area contributed by atoms with Gasteiger partial charge in [-0.3, -0.25) is 4.68 Å². The van der Waals surface area contributed by atoms with Gasteiger partial charge in [0.05, 0.1) is 13.1 Å². The van der Waals surface area contributed by atoms with Crippen LogP contribution in [0.2, 0.25) is 0 Å². The zero-order valence-corrected chi connectivity index (χ0v) is 6.75. The zero-order valence-electron chi connectivity index (χ0n) is 6.75. The number of nitrogens with one attached hydrogen (secondary N) is 1. The van der Waals surface area contributed by atoms with E-state index in [1.54, 1.807) is 0 Å². The monoisotopic (exact) mass is 194 g/mol. The number of hydrogen-bond donors (Lipinski definition) is 1. The molecule has 0 amide bonds. The van der Waals surface area contributed by atoms with E-state index in [2.05, 4.69) is 15.4 Å². The lowest BCUT2D eigenvalue weighted by Crippen LogP contribution is -2.31. The minimum absolute atomic E-state index is 0.225. The summed E-state index contributed by atoms with van der Waals surface area (Å²) in [6.45, 7) is -0.360. The van der Waals surface area contributed by atoms with Gasteiger partial charge in [0.2, 0.25) is 0 Å². The third-order valence-electron chi connectivity index (χ3n) is 1.31. The molecule has 0 unspecified atom stereocenters. The van der Waals surface area contributed by atoms with E-state index in [1.807, 2.05) is 0 Å². The number of rotatable bonds is 4. The maximum atomic E-state index is 11.6. The van der Waals surface area contributed by atoms with Gasteiger partial charge in [-0.1, -0.05) is 0 Å². The zero-order chi connectivity index (χ0) is 9.73. The highest BCUT2D eigenvalue weighted by molar-refractivity contribution is 4.59. The summed E-state index contributed by atoms with van der Waals surface area (Å²) in [5, 5.41) is 5.98. The van der Waals surface area contributed by atoms with E-state index < -0.39 is 12.7 Å². The largest absolute Gasteiger partial charge is 0.401 e. The molecule has 1 rings (SSSR count). The highest BCUT2D eigenvalue weighted by Crippen LogP contribution is 2.11. The van der Waals surface area contributed by atoms with Gasteiger partial charge in [0.25, 0.3) is 0 Å². The van der Waals surface area contributed by atoms with Crippen molar-refractivity contribution < 1.29 is 13.2 Å². The first kappa shape index (κ1) is 9.97. The van der Waals surface area contributed by atoms with Crippen LogP contribution in [0.25, 0.3) is 0 Å². The van der Waals surface area contributed by atoms with Gasteiger partial charge < -0.3 is 5.32 Å². The number of nitrogens with zero attached hydrogens (tertiary/aromatic N) is 3. The molecule has 0 atom stereocenters. The molecular formula is C6H9F3N4. The van der Waals surface area contributed by atoms with Crippen LogP contribution in [0.15, 0.2) is 12.7 Å². The van der Waals surface area contributed by atoms with Crippen molar-refractivity contribution in [2.75, 3.05) is 13.1 Å². The molecule has 0 fully saturated rings. The highest BCUT2D eigenvalue weighted by atomic mass is 19.4. The predicted molar refractivity (Wildman–Crippen MR) is 38.9 cm³/mol. The minimum Gasteiger partial charge on any atom is -0.307 e. The number of hydrogen-bond acceptors (Lipinski definition) is 3. The standard InChI is InChI=1S/C6H9F3N4/c7-6(8,9)3-10-1-2-13-5-11-4-12-13/h4-5,10H,1-3H2. The van der Waals surface area contributed by atoms with Crippen LogP contribution in [0.1, 0.15) is 0 Å². The van der Waals surface area contributed by atoms with Crippen molar-refractivity contribution in [1.82, 2.24) is 20.1 Å². The first-order valence-electron chi connectivity index (χ1n) is 3.68. The molecule has 0 saturated carbocycles. The number of halogens is 3. The lowest BCUT2D eigenvalue weighted by molar-refractivity contribution is -0.124. The van der Waals surface area contributed by atoms with Crippen molar-refractivity contribution in [1.29, 1.82) is 0 Å². The van der Waals surface area contributed by atoms with Crippen LogP contribution in [-0.4, -0.2) is 34.0 Å². The fourth-order valence-electron chi connectivity index (χ4n) is 0.772. The second-order valence-corrected chi connectivity index (χ2v) is 2.45. The third kappa shape index (κ3) is 4.46. The quantitative estimate of drug-likeness (QED) is 0.707. The number of alkyl halides is 3. The predicted octanol–water partition coefficient (Wildman–Crippen LogP) is 0.430. The van der Waals surface area contributed by atoms with Crippen LogP contribution >= 0.6 is 0 Å². The third-order valence-corrected chi connectivity index (χ3v) is 1.31. The Morgan fingerprint density at radius 2 is 2.15 bits per heavy atom. The topological polar surface area (TPSA) is 42.7 Å². The Kier molecular flexibility index (Phi) is 3.24. The average molecular weight is 194 g/mol. The fraction of sp³-hybridized carbons (Fsp3) is 0.667. The maximum absolute atomic E-state index is 11.6. The average Bonchev–Trinajstić information content (AvgIpc) is 2.48. The second kappa shape index (κ2) is 4.22. The van der Waals surface area contributed by atoms with E-state index in [4.69, 9.17) is 0 Å². The van der Waals surface area contributed by atoms with Gasteiger partial charge in [0, 0.05) is 6.54 Å². The molecule has 1 N–H and O–H groups in total. The van der Waals surface area contributed by atoms with Gasteiger partial charge in [-0.25, -0.2) is 4.98 Å². The lowest BCUT2D eigenvalue weighted by Gasteiger charge is -2.07. The molecule has 1 heterocycles. The Hall–Kier alpha value is -1.11. The van der Waals surface area contributed by atoms with Gasteiger partial charge in [-0.05, 0) is 0 Å². The summed E-state index contributed by atoms with van der Waals surface area (Å²) in [6.07, 6.45) is -1.36. The molecule has 0 spiro atoms. The Labute approximate surface area is 72.8 Å². The summed E-state index contributed by atoms with van der Waals surface area (Å²) in [5.74, 6) is 0. The normalized spacial score (nSPS) is 11.9. The highest BCUT2D eigenvalue weighted by Gasteiger charge is 2.25. The van der Waals surface area contributed by atoms with E-state index in [0.717, 1.165) is 0 Å². The molecule has 0 aromatic carbocycles. The summed E-state index contributed by atoms with van der Waals surface area (Å²) in [7, 11) is 0. The van der Waals surface area contributed by atoms with Crippen molar-refractivity contribution in [3.05, 3.63) is 12.7 Å². The van der Waals surface area contributed by atoms with Gasteiger partial charge in [0.15, 0.2) is 0 Å². The van der Waals surface area contributed by atoms with E-state index in [0.29, 0.717) is 6.54 Å². The summed E-state index contributed by atoms with van der Waals surface area (Å²) in [4.78, 5) is 3.65. The van der Waals surface area contributed by atoms with Crippen molar-refractivity contribution in [3.63, 3.8) is 0 Å². The molecule has 13 heavy (non-hydrogen) atoms. The van der Waals surface area contributed by atoms with Gasteiger partial charge in [-0.2, -0.15) is 18.3 Å². The smallest absolute Gasteiger partial charge is 0.307 e. The van der Waals surface area contributed by atoms with E-state index >= 15 is 0 Å². The van der Waals surface area contributed by atoms with E-state index in [-0.39, 0.29) is 6.54 Å². The molecule has 0 aliphatic rings. The second-order valence-electron chi connectivity index (χ2n) is 2.45. The summed E-state index contributed by atoms with van der Waals surface area (Å²) in [6, 6.07) is 0. The van der Waals surface area contributed by atoms with Crippen LogP contribution in [0, 0.1) is 0 Å². The molecule has 0 radical (unpaired) electrons. The fourth-order valence-corrected chi connectivity index (χ4v) is 0.772. The Balaban J connectivity index is 2.09. The van der Waals surface area contributed by atoms with Crippen molar-refractivity contribution in [2.24, 2.45) is 0 Å². The van der Waals surface area contributed by atoms with Crippen molar-refractivity contribution in [2.45, 2.75) is 12.7 Å². The molecule has 1 aromatic rings. The molecule has 0 saturated heterocycles. The Bertz CT molecular complexity index is 231. The Morgan fingerprint density at radius 3 is 2.69 bits per heavy atom. The van der Waals surface area contributed by atoms with Crippen LogP contribution in [0.5, 0.6) is 0 Å². The summed E-state index contributed by atoms with van der Waals surface area (Å²) < 4.78 is 36.3. The molecule has 0 bridgehead atoms. The van der Waals surface area contributed by atoms with Gasteiger partial charge in [0.1, 0.15) is 12.7 Å². The molecule has 1 aromatic heterocycles. The van der Waals surface area contributed by atoms with Crippen molar-refractivity contribution >= 4 is 0 Å². The number of aromatic nitrogens is 3. The molecule has 7 heteroatoms. The summed E-state index contributed by atoms with van der Waals surface area (Å²) in [5.41, 5.74) is 0. The van der Waals surface area contributed by atoms with Crippen molar-refractivity contribution in [3.8, 4) is 0 Å². The first-order chi connectivity index (χ1) is 6.08.